The minimum Gasteiger partial charge on any atom is -0.426 e. The average Bonchev–Trinajstić information content (AvgIpc) is 2.93. The Morgan fingerprint density at radius 2 is 1.34 bits per heavy atom. The van der Waals surface area contributed by atoms with Crippen molar-refractivity contribution in [2.45, 2.75) is 98.6 Å². The van der Waals surface area contributed by atoms with Crippen molar-refractivity contribution in [1.82, 2.24) is 0 Å². The van der Waals surface area contributed by atoms with E-state index in [9.17, 15) is 9.36 Å². The smallest absolute Gasteiger partial charge is 0.426 e. The molecule has 0 saturated heterocycles. The third-order valence-electron chi connectivity index (χ3n) is 8.26. The van der Waals surface area contributed by atoms with Gasteiger partial charge in [-0.15, -0.1) is 0 Å². The Hall–Kier alpha value is -2.74. The summed E-state index contributed by atoms with van der Waals surface area (Å²) in [6, 6.07) is 20.7. The van der Waals surface area contributed by atoms with Crippen molar-refractivity contribution in [2.24, 2.45) is 0 Å². The molecule has 0 amide bonds. The fraction of sp³-hybridized carbons (Fsp3) is 0.457. The zero-order valence-electron chi connectivity index (χ0n) is 28.0. The number of aryl methyl sites for hydroxylation is 1. The second kappa shape index (κ2) is 14.6. The summed E-state index contributed by atoms with van der Waals surface area (Å²) in [5, 5.41) is 0.0848. The summed E-state index contributed by atoms with van der Waals surface area (Å²) in [5.41, 5.74) is 3.31. The molecule has 3 aromatic carbocycles. The predicted molar refractivity (Wildman–Crippen MR) is 179 cm³/mol. The van der Waals surface area contributed by atoms with E-state index in [1.165, 1.54) is 6.92 Å². The molecule has 3 aromatic rings. The number of hydrogen-bond acceptors (Lipinski definition) is 7. The van der Waals surface area contributed by atoms with Gasteiger partial charge < -0.3 is 13.7 Å². The summed E-state index contributed by atoms with van der Waals surface area (Å²) in [6.45, 7) is 21.0. The molecule has 44 heavy (non-hydrogen) atoms. The van der Waals surface area contributed by atoms with E-state index in [0.717, 1.165) is 16.7 Å². The van der Waals surface area contributed by atoms with E-state index in [2.05, 4.69) is 47.7 Å². The molecule has 0 atom stereocenters. The van der Waals surface area contributed by atoms with E-state index in [4.69, 9.17) is 22.7 Å². The zero-order chi connectivity index (χ0) is 32.8. The van der Waals surface area contributed by atoms with Crippen LogP contribution in [0.25, 0.3) is 0 Å². The maximum atomic E-state index is 14.3. The highest BCUT2D eigenvalue weighted by molar-refractivity contribution is 7.48. The number of carbonyl (C=O) groups excluding carboxylic acids is 1. The number of rotatable bonds is 14. The molecule has 0 fully saturated rings. The van der Waals surface area contributed by atoms with Crippen LogP contribution in [0.15, 0.2) is 66.7 Å². The van der Waals surface area contributed by atoms with Crippen molar-refractivity contribution >= 4 is 22.1 Å². The van der Waals surface area contributed by atoms with Crippen LogP contribution >= 0.6 is 7.82 Å². The maximum Gasteiger partial charge on any atom is 0.530 e. The van der Waals surface area contributed by atoms with E-state index in [1.54, 1.807) is 6.07 Å². The quantitative estimate of drug-likeness (QED) is 0.0751. The highest BCUT2D eigenvalue weighted by Crippen LogP contribution is 2.54. The molecule has 3 rings (SSSR count). The lowest BCUT2D eigenvalue weighted by Crippen LogP contribution is -2.41. The predicted octanol–water partition coefficient (Wildman–Crippen LogP) is 9.84. The average molecular weight is 641 g/mol. The third-order valence-corrected chi connectivity index (χ3v) is 14.1. The molecule has 0 N–H and O–H groups in total. The Bertz CT molecular complexity index is 1400. The van der Waals surface area contributed by atoms with Gasteiger partial charge in [-0.25, -0.2) is 4.57 Å². The minimum absolute atomic E-state index is 0.0413. The number of benzene rings is 3. The molecule has 0 heterocycles. The maximum absolute atomic E-state index is 14.3. The lowest BCUT2D eigenvalue weighted by atomic mass is 9.78. The SMILES string of the molecule is CC(=O)Oc1cc(C)c(OP(=O)(OCc2ccccc2)OCc2ccccc2)c(C)c1C(C)(C)CCO[Si](C)(C)C(C)(C)C. The first-order valence-corrected chi connectivity index (χ1v) is 19.4. The Morgan fingerprint density at radius 3 is 1.80 bits per heavy atom. The van der Waals surface area contributed by atoms with Crippen molar-refractivity contribution in [3.05, 3.63) is 94.5 Å². The van der Waals surface area contributed by atoms with Gasteiger partial charge in [0.05, 0.1) is 13.2 Å². The van der Waals surface area contributed by atoms with Crippen LogP contribution in [0.3, 0.4) is 0 Å². The second-order valence-corrected chi connectivity index (χ2v) is 19.8. The van der Waals surface area contributed by atoms with Gasteiger partial charge in [-0.1, -0.05) is 95.3 Å². The Labute approximate surface area is 265 Å². The summed E-state index contributed by atoms with van der Waals surface area (Å²) in [7, 11) is -6.09. The molecule has 0 aliphatic rings. The second-order valence-electron chi connectivity index (χ2n) is 13.4. The number of hydrogen-bond donors (Lipinski definition) is 0. The zero-order valence-corrected chi connectivity index (χ0v) is 29.9. The number of phosphoric acid groups is 1. The minimum atomic E-state index is -4.13. The molecule has 7 nitrogen and oxygen atoms in total. The van der Waals surface area contributed by atoms with Gasteiger partial charge >= 0.3 is 13.8 Å². The molecule has 9 heteroatoms. The highest BCUT2D eigenvalue weighted by Gasteiger charge is 2.39. The first-order valence-electron chi connectivity index (χ1n) is 15.1. The summed E-state index contributed by atoms with van der Waals surface area (Å²) in [5.74, 6) is 0.399. The Morgan fingerprint density at radius 1 is 0.841 bits per heavy atom. The number of phosphoric ester groups is 1. The fourth-order valence-electron chi connectivity index (χ4n) is 4.71. The van der Waals surface area contributed by atoms with Gasteiger partial charge in [0.1, 0.15) is 11.5 Å². The van der Waals surface area contributed by atoms with Crippen molar-refractivity contribution in [3.8, 4) is 11.5 Å². The summed E-state index contributed by atoms with van der Waals surface area (Å²) < 4.78 is 44.6. The molecular weight excluding hydrogens is 591 g/mol. The Balaban J connectivity index is 1.99. The monoisotopic (exact) mass is 640 g/mol. The van der Waals surface area contributed by atoms with E-state index < -0.39 is 27.5 Å². The van der Waals surface area contributed by atoms with Crippen LogP contribution in [0.2, 0.25) is 18.1 Å². The van der Waals surface area contributed by atoms with Crippen LogP contribution in [0, 0.1) is 13.8 Å². The number of esters is 1. The summed E-state index contributed by atoms with van der Waals surface area (Å²) >= 11 is 0. The van der Waals surface area contributed by atoms with Crippen molar-refractivity contribution in [3.63, 3.8) is 0 Å². The van der Waals surface area contributed by atoms with Gasteiger partial charge in [0, 0.05) is 19.1 Å². The van der Waals surface area contributed by atoms with Gasteiger partial charge in [0.2, 0.25) is 0 Å². The van der Waals surface area contributed by atoms with E-state index in [0.29, 0.717) is 35.7 Å². The van der Waals surface area contributed by atoms with E-state index in [1.807, 2.05) is 74.5 Å². The molecule has 0 aliphatic carbocycles. The van der Waals surface area contributed by atoms with Gasteiger partial charge in [-0.05, 0) is 72.1 Å². The molecular formula is C35H49O7PSi. The molecule has 0 aromatic heterocycles. The van der Waals surface area contributed by atoms with Crippen LogP contribution in [-0.4, -0.2) is 20.9 Å². The lowest BCUT2D eigenvalue weighted by Gasteiger charge is -2.38. The van der Waals surface area contributed by atoms with Crippen LogP contribution in [-0.2, 0) is 41.5 Å². The van der Waals surface area contributed by atoms with Crippen LogP contribution in [0.1, 0.15) is 75.8 Å². The first kappa shape index (κ1) is 35.7. The largest absolute Gasteiger partial charge is 0.530 e. The molecule has 0 spiro atoms. The molecule has 240 valence electrons. The molecule has 0 aliphatic heterocycles. The first-order chi connectivity index (χ1) is 20.4. The van der Waals surface area contributed by atoms with Crippen LogP contribution in [0.4, 0.5) is 0 Å². The van der Waals surface area contributed by atoms with Crippen LogP contribution in [0.5, 0.6) is 11.5 Å². The van der Waals surface area contributed by atoms with E-state index >= 15 is 0 Å². The molecule has 0 radical (unpaired) electrons. The number of ether oxygens (including phenoxy) is 1. The normalized spacial score (nSPS) is 12.7. The number of carbonyl (C=O) groups is 1. The standard InChI is InChI=1S/C35H49O7PSi/c1-26-23-31(41-28(3)36)32(35(7,8)21-22-40-44(9,10)34(4,5)6)27(2)33(26)42-43(37,38-24-29-17-13-11-14-18-29)39-25-30-19-15-12-16-20-30/h11-20,23H,21-22,24-25H2,1-10H3. The van der Waals surface area contributed by atoms with E-state index in [-0.39, 0.29) is 18.3 Å². The molecule has 0 unspecified atom stereocenters. The van der Waals surface area contributed by atoms with Gasteiger partial charge in [-0.3, -0.25) is 13.8 Å². The summed E-state index contributed by atoms with van der Waals surface area (Å²) in [4.78, 5) is 12.2. The van der Waals surface area contributed by atoms with Crippen molar-refractivity contribution in [1.29, 1.82) is 0 Å². The third kappa shape index (κ3) is 9.63. The topological polar surface area (TPSA) is 80.3 Å². The van der Waals surface area contributed by atoms with Crippen molar-refractivity contribution in [2.75, 3.05) is 6.61 Å². The highest BCUT2D eigenvalue weighted by atomic mass is 31.2. The lowest BCUT2D eigenvalue weighted by molar-refractivity contribution is -0.131. The molecule has 0 bridgehead atoms. The Kier molecular flexibility index (Phi) is 11.8. The van der Waals surface area contributed by atoms with Crippen LogP contribution < -0.4 is 9.26 Å². The summed E-state index contributed by atoms with van der Waals surface area (Å²) in [6.07, 6.45) is 0.670. The van der Waals surface area contributed by atoms with Gasteiger partial charge in [0.15, 0.2) is 8.32 Å². The van der Waals surface area contributed by atoms with Gasteiger partial charge in [0.25, 0.3) is 0 Å². The molecule has 0 saturated carbocycles. The van der Waals surface area contributed by atoms with Gasteiger partial charge in [-0.2, -0.15) is 0 Å². The fourth-order valence-corrected chi connectivity index (χ4v) is 7.05. The van der Waals surface area contributed by atoms with Crippen molar-refractivity contribution < 1.29 is 32.1 Å².